The quantitative estimate of drug-likeness (QED) is 0.321. The molecule has 0 heterocycles. The molecule has 0 N–H and O–H groups in total. The molecule has 0 unspecified atom stereocenters. The van der Waals surface area contributed by atoms with Gasteiger partial charge in [0.2, 0.25) is 0 Å². The Hall–Kier alpha value is 2.36. The molecule has 0 nitrogen and oxygen atoms in total. The maximum atomic E-state index is 3.52. The van der Waals surface area contributed by atoms with Crippen LogP contribution in [0.4, 0.5) is 0 Å². The second kappa shape index (κ2) is 14.9. The number of hydrogen-bond donors (Lipinski definition) is 0. The first kappa shape index (κ1) is 24.6. The molecule has 0 aromatic heterocycles. The average molecular weight is 792 g/mol. The zero-order valence-electron chi connectivity index (χ0n) is 9.86. The first-order valence-corrected chi connectivity index (χ1v) is 22.6. The molecule has 0 aliphatic heterocycles. The van der Waals surface area contributed by atoms with Crippen LogP contribution in [0.1, 0.15) is 0 Å². The van der Waals surface area contributed by atoms with Crippen LogP contribution in [0.3, 0.4) is 0 Å². The monoisotopic (exact) mass is 787 g/mol. The Balaban J connectivity index is 0. The Labute approximate surface area is 178 Å². The topological polar surface area (TPSA) is 0 Å². The summed E-state index contributed by atoms with van der Waals surface area (Å²) >= 11 is 14.1. The summed E-state index contributed by atoms with van der Waals surface area (Å²) in [5, 5.41) is 0. The largest absolute Gasteiger partial charge is 1.00 e. The van der Waals surface area contributed by atoms with Gasteiger partial charge < -0.3 is 34.0 Å². The summed E-state index contributed by atoms with van der Waals surface area (Å²) < 4.78 is 2.75. The van der Waals surface area contributed by atoms with E-state index in [-0.39, 0.29) is 34.0 Å². The summed E-state index contributed by atoms with van der Waals surface area (Å²) in [7, 11) is -1.57. The van der Waals surface area contributed by atoms with Gasteiger partial charge in [0, 0.05) is 0 Å². The van der Waals surface area contributed by atoms with Crippen molar-refractivity contribution in [2.45, 2.75) is 0 Å². The summed E-state index contributed by atoms with van der Waals surface area (Å²) in [4.78, 5) is 0. The number of halogens is 6. The fraction of sp³-hybridized carbons (Fsp3) is 0. The second-order valence-electron chi connectivity index (χ2n) is 3.05. The molecule has 0 aliphatic carbocycles. The molecule has 0 spiro atoms. The van der Waals surface area contributed by atoms with Gasteiger partial charge in [-0.1, -0.05) is 0 Å². The van der Waals surface area contributed by atoms with Crippen LogP contribution in [0.15, 0.2) is 60.7 Å². The van der Waals surface area contributed by atoms with Gasteiger partial charge in [-0.25, -0.2) is 0 Å². The van der Waals surface area contributed by atoms with Gasteiger partial charge >= 0.3 is 147 Å². The van der Waals surface area contributed by atoms with Crippen molar-refractivity contribution in [3.8, 4) is 0 Å². The van der Waals surface area contributed by atoms with Crippen molar-refractivity contribution in [1.29, 1.82) is 0 Å². The first-order chi connectivity index (χ1) is 8.61. The van der Waals surface area contributed by atoms with Gasteiger partial charge in [0.25, 0.3) is 0 Å². The van der Waals surface area contributed by atoms with Crippen LogP contribution in [0.5, 0.6) is 0 Å². The summed E-state index contributed by atoms with van der Waals surface area (Å²) in [6, 6.07) is 20.7. The van der Waals surface area contributed by atoms with Gasteiger partial charge in [-0.3, -0.25) is 0 Å². The number of rotatable bonds is 2. The van der Waals surface area contributed by atoms with Gasteiger partial charge in [-0.05, 0) is 0 Å². The summed E-state index contributed by atoms with van der Waals surface area (Å²) in [5.41, 5.74) is 0. The Kier molecular flexibility index (Phi) is 18.4. The molecule has 20 heavy (non-hydrogen) atoms. The third-order valence-corrected chi connectivity index (χ3v) is 12.2. The molecular weight excluding hydrogens is 781 g/mol. The van der Waals surface area contributed by atoms with E-state index < -0.39 is 20.6 Å². The second-order valence-corrected chi connectivity index (χ2v) is 29.3. The van der Waals surface area contributed by atoms with Gasteiger partial charge in [0.15, 0.2) is 0 Å². The molecule has 2 rings (SSSR count). The average Bonchev–Trinajstić information content (AvgIpc) is 2.41. The van der Waals surface area contributed by atoms with E-state index in [0.29, 0.717) is 0 Å². The van der Waals surface area contributed by atoms with Crippen molar-refractivity contribution in [3.63, 3.8) is 0 Å². The van der Waals surface area contributed by atoms with Crippen molar-refractivity contribution in [3.05, 3.63) is 60.7 Å². The first-order valence-electron chi connectivity index (χ1n) is 4.85. The molecule has 2 aromatic carbocycles. The van der Waals surface area contributed by atoms with Crippen LogP contribution in [0, 0.1) is 0 Å². The van der Waals surface area contributed by atoms with Gasteiger partial charge in [-0.15, -0.1) is 0 Å². The normalized spacial score (nSPS) is 9.10. The minimum Gasteiger partial charge on any atom is -1.00 e. The van der Waals surface area contributed by atoms with Crippen LogP contribution in [0.25, 0.3) is 0 Å². The fourth-order valence-electron chi connectivity index (χ4n) is 1.05. The van der Waals surface area contributed by atoms with Crippen LogP contribution in [0.2, 0.25) is 0 Å². The van der Waals surface area contributed by atoms with E-state index in [0.717, 1.165) is 0 Å². The molecule has 0 amide bonds. The molecule has 0 saturated heterocycles. The van der Waals surface area contributed by atoms with Crippen LogP contribution >= 0.6 is 56.4 Å². The minimum atomic E-state index is -0.785. The van der Waals surface area contributed by atoms with E-state index in [4.69, 9.17) is 0 Å². The molecule has 2 aromatic rings. The molecule has 0 fully saturated rings. The number of benzene rings is 2. The molecule has 0 radical (unpaired) electrons. The van der Waals surface area contributed by atoms with Crippen molar-refractivity contribution in [1.82, 2.24) is 0 Å². The van der Waals surface area contributed by atoms with E-state index in [1.807, 2.05) is 36.4 Å². The van der Waals surface area contributed by atoms with Crippen LogP contribution in [-0.2, 0) is 0 Å². The SMILES string of the molecule is Br[Se+](Br)c1ccccc1.Br[Se+](Br)c1ccccc1.[Br-].[Br-]. The summed E-state index contributed by atoms with van der Waals surface area (Å²) in [6.45, 7) is 0. The molecule has 0 saturated carbocycles. The van der Waals surface area contributed by atoms with E-state index in [1.165, 1.54) is 8.92 Å². The van der Waals surface area contributed by atoms with Crippen molar-refractivity contribution < 1.29 is 34.0 Å². The van der Waals surface area contributed by atoms with Crippen LogP contribution < -0.4 is 42.9 Å². The Bertz CT molecular complexity index is 395. The van der Waals surface area contributed by atoms with E-state index >= 15 is 0 Å². The van der Waals surface area contributed by atoms with E-state index in [2.05, 4.69) is 80.7 Å². The Morgan fingerprint density at radius 2 is 0.750 bits per heavy atom. The Morgan fingerprint density at radius 1 is 0.500 bits per heavy atom. The Morgan fingerprint density at radius 3 is 0.900 bits per heavy atom. The minimum absolute atomic E-state index is 0. The molecule has 0 atom stereocenters. The maximum Gasteiger partial charge on any atom is -1.00 e. The zero-order valence-corrected chi connectivity index (χ0v) is 22.8. The molecular formula is C12H10Br6Se2. The zero-order chi connectivity index (χ0) is 13.4. The molecule has 112 valence electrons. The standard InChI is InChI=1S/2C6H5Br2Se.2BrH/c2*7-9(8)6-4-2-1-3-5-6;;/h2*1-5H;2*1H/q2*+1;;/p-2. The van der Waals surface area contributed by atoms with Crippen molar-refractivity contribution in [2.24, 2.45) is 0 Å². The van der Waals surface area contributed by atoms with Gasteiger partial charge in [-0.2, -0.15) is 0 Å². The third kappa shape index (κ3) is 11.0. The van der Waals surface area contributed by atoms with Crippen LogP contribution in [-0.4, -0.2) is 20.6 Å². The fourth-order valence-corrected chi connectivity index (χ4v) is 7.06. The van der Waals surface area contributed by atoms with E-state index in [9.17, 15) is 0 Å². The summed E-state index contributed by atoms with van der Waals surface area (Å²) in [6.07, 6.45) is 0. The van der Waals surface area contributed by atoms with Gasteiger partial charge in [0.1, 0.15) is 0 Å². The maximum absolute atomic E-state index is 3.52. The van der Waals surface area contributed by atoms with Crippen molar-refractivity contribution in [2.75, 3.05) is 0 Å². The summed E-state index contributed by atoms with van der Waals surface area (Å²) in [5.74, 6) is 0. The smallest absolute Gasteiger partial charge is 1.00 e. The third-order valence-electron chi connectivity index (χ3n) is 1.84. The molecule has 0 bridgehead atoms. The molecule has 8 heteroatoms. The predicted molar refractivity (Wildman–Crippen MR) is 99.4 cm³/mol. The van der Waals surface area contributed by atoms with Crippen molar-refractivity contribution >= 4 is 85.9 Å². The van der Waals surface area contributed by atoms with Gasteiger partial charge in [0.05, 0.1) is 0 Å². The molecule has 0 aliphatic rings. The van der Waals surface area contributed by atoms with E-state index in [1.54, 1.807) is 0 Å². The number of hydrogen-bond acceptors (Lipinski definition) is 0. The predicted octanol–water partition coefficient (Wildman–Crippen LogP) is -1.65.